The third kappa shape index (κ3) is 2.24. The first-order chi connectivity index (χ1) is 5.18. The molecule has 0 saturated heterocycles. The molecule has 2 N–H and O–H groups in total. The Hall–Kier alpha value is -1.59. The van der Waals surface area contributed by atoms with Gasteiger partial charge in [0.2, 0.25) is 6.20 Å². The van der Waals surface area contributed by atoms with Crippen molar-refractivity contribution in [3.05, 3.63) is 11.8 Å². The number of carboxylic acid groups (broad SMARTS) is 1. The van der Waals surface area contributed by atoms with Crippen molar-refractivity contribution < 1.29 is 19.1 Å². The average molecular weight is 157 g/mol. The lowest BCUT2D eigenvalue weighted by Gasteiger charge is -1.92. The summed E-state index contributed by atoms with van der Waals surface area (Å²) in [6, 6.07) is 0. The van der Waals surface area contributed by atoms with Gasteiger partial charge in [-0.3, -0.25) is 15.5 Å². The summed E-state index contributed by atoms with van der Waals surface area (Å²) in [5.74, 6) is -0.896. The minimum atomic E-state index is -0.896. The summed E-state index contributed by atoms with van der Waals surface area (Å²) in [6.07, 6.45) is 1.31. The molecule has 11 heavy (non-hydrogen) atoms. The standard InChI is InChI=1S/C5H7N3O3/c6-4-3-8(7-11-4)2-1-5(9)10/h3,6H,1-2H2,(H,9,10). The third-order valence-electron chi connectivity index (χ3n) is 1.07. The smallest absolute Gasteiger partial charge is 0.309 e. The number of hydrogen-bond donors (Lipinski definition) is 2. The molecule has 0 amide bonds. The lowest BCUT2D eigenvalue weighted by atomic mass is 10.4. The van der Waals surface area contributed by atoms with Crippen LogP contribution in [0.3, 0.4) is 0 Å². The summed E-state index contributed by atoms with van der Waals surface area (Å²) in [5.41, 5.74) is -0.0737. The summed E-state index contributed by atoms with van der Waals surface area (Å²) in [4.78, 5) is 10.1. The van der Waals surface area contributed by atoms with E-state index in [1.165, 1.54) is 10.9 Å². The Morgan fingerprint density at radius 1 is 1.91 bits per heavy atom. The number of nitrogens with zero attached hydrogens (tertiary/aromatic N) is 2. The molecule has 6 nitrogen and oxygen atoms in total. The number of nitrogens with one attached hydrogen (secondary N) is 1. The van der Waals surface area contributed by atoms with E-state index in [0.717, 1.165) is 0 Å². The van der Waals surface area contributed by atoms with Crippen LogP contribution in [0, 0.1) is 5.41 Å². The maximum absolute atomic E-state index is 10.1. The Bertz CT molecular complexity index is 300. The van der Waals surface area contributed by atoms with Gasteiger partial charge in [0.25, 0.3) is 5.55 Å². The highest BCUT2D eigenvalue weighted by Crippen LogP contribution is 1.75. The second-order valence-electron chi connectivity index (χ2n) is 1.97. The molecule has 6 heteroatoms. The Morgan fingerprint density at radius 3 is 3.09 bits per heavy atom. The number of hydrogen-bond acceptors (Lipinski definition) is 3. The molecule has 0 spiro atoms. The van der Waals surface area contributed by atoms with E-state index in [2.05, 4.69) is 9.79 Å². The van der Waals surface area contributed by atoms with Crippen LogP contribution in [0.25, 0.3) is 0 Å². The van der Waals surface area contributed by atoms with E-state index < -0.39 is 5.97 Å². The second kappa shape index (κ2) is 3.00. The predicted molar refractivity (Wildman–Crippen MR) is 30.3 cm³/mol. The molecular formula is C5H7N3O3. The Balaban J connectivity index is 2.51. The Kier molecular flexibility index (Phi) is 2.05. The summed E-state index contributed by atoms with van der Waals surface area (Å²) < 4.78 is 5.66. The van der Waals surface area contributed by atoms with Crippen LogP contribution in [0.5, 0.6) is 0 Å². The van der Waals surface area contributed by atoms with Crippen molar-refractivity contribution >= 4 is 5.97 Å². The van der Waals surface area contributed by atoms with E-state index in [-0.39, 0.29) is 18.5 Å². The van der Waals surface area contributed by atoms with E-state index in [1.54, 1.807) is 0 Å². The molecule has 0 aliphatic heterocycles. The van der Waals surface area contributed by atoms with Crippen LogP contribution in [0.1, 0.15) is 6.42 Å². The normalized spacial score (nSPS) is 9.82. The molecule has 1 rings (SSSR count). The van der Waals surface area contributed by atoms with Gasteiger partial charge in [0.15, 0.2) is 6.54 Å². The molecule has 0 aliphatic rings. The highest BCUT2D eigenvalue weighted by atomic mass is 16.5. The number of aromatic nitrogens is 2. The van der Waals surface area contributed by atoms with Crippen LogP contribution in [0.15, 0.2) is 10.7 Å². The zero-order chi connectivity index (χ0) is 8.27. The molecule has 0 aromatic carbocycles. The summed E-state index contributed by atoms with van der Waals surface area (Å²) in [5, 5.41) is 18.5. The fourth-order valence-corrected chi connectivity index (χ4v) is 0.594. The minimum Gasteiger partial charge on any atom is -0.487 e. The first-order valence-corrected chi connectivity index (χ1v) is 2.98. The number of aryl methyl sites for hydroxylation is 1. The number of carbonyl (C=O) groups is 1. The van der Waals surface area contributed by atoms with Gasteiger partial charge in [-0.05, 0) is 0 Å². The molecule has 0 aliphatic carbocycles. The Morgan fingerprint density at radius 2 is 2.64 bits per heavy atom. The van der Waals surface area contributed by atoms with Crippen molar-refractivity contribution in [3.63, 3.8) is 0 Å². The number of rotatable bonds is 3. The lowest BCUT2D eigenvalue weighted by molar-refractivity contribution is -0.766. The molecular weight excluding hydrogens is 150 g/mol. The van der Waals surface area contributed by atoms with E-state index in [0.29, 0.717) is 0 Å². The maximum atomic E-state index is 10.1. The minimum absolute atomic E-state index is 0.0172. The fourth-order valence-electron chi connectivity index (χ4n) is 0.594. The van der Waals surface area contributed by atoms with Gasteiger partial charge in [0, 0.05) is 0 Å². The molecule has 0 atom stereocenters. The van der Waals surface area contributed by atoms with Gasteiger partial charge in [-0.2, -0.15) is 0 Å². The zero-order valence-electron chi connectivity index (χ0n) is 5.65. The Labute approximate surface area is 61.5 Å². The van der Waals surface area contributed by atoms with Gasteiger partial charge < -0.3 is 9.63 Å². The van der Waals surface area contributed by atoms with Crippen LogP contribution in [0.4, 0.5) is 0 Å². The van der Waals surface area contributed by atoms with Crippen LogP contribution in [-0.2, 0) is 11.3 Å². The molecule has 1 heterocycles. The zero-order valence-corrected chi connectivity index (χ0v) is 5.65. The summed E-state index contributed by atoms with van der Waals surface area (Å²) in [6.45, 7) is 0.234. The lowest BCUT2D eigenvalue weighted by Crippen LogP contribution is -2.38. The van der Waals surface area contributed by atoms with Crippen molar-refractivity contribution in [1.82, 2.24) is 5.27 Å². The molecule has 60 valence electrons. The van der Waals surface area contributed by atoms with Crippen molar-refractivity contribution in [3.8, 4) is 0 Å². The van der Waals surface area contributed by atoms with Gasteiger partial charge in [-0.25, -0.2) is 4.68 Å². The van der Waals surface area contributed by atoms with Crippen LogP contribution in [-0.4, -0.2) is 11.1 Å². The van der Waals surface area contributed by atoms with Gasteiger partial charge in [-0.15, -0.1) is 0 Å². The number of carboxylic acids is 1. The van der Waals surface area contributed by atoms with E-state index in [9.17, 15) is 4.79 Å². The molecule has 0 radical (unpaired) electrons. The average Bonchev–Trinajstić information content (AvgIpc) is 2.31. The highest BCUT2D eigenvalue weighted by molar-refractivity contribution is 5.66. The fraction of sp³-hybridized carbons (Fsp3) is 0.400. The van der Waals surface area contributed by atoms with E-state index in [4.69, 9.17) is 10.5 Å². The third-order valence-corrected chi connectivity index (χ3v) is 1.07. The summed E-state index contributed by atoms with van der Waals surface area (Å²) >= 11 is 0. The van der Waals surface area contributed by atoms with Crippen LogP contribution >= 0.6 is 0 Å². The molecule has 0 saturated carbocycles. The maximum Gasteiger partial charge on any atom is 0.309 e. The van der Waals surface area contributed by atoms with Crippen molar-refractivity contribution in [2.24, 2.45) is 0 Å². The highest BCUT2D eigenvalue weighted by Gasteiger charge is 2.00. The van der Waals surface area contributed by atoms with Gasteiger partial charge >= 0.3 is 5.97 Å². The monoisotopic (exact) mass is 157 g/mol. The molecule has 0 bridgehead atoms. The number of aliphatic carboxylic acids is 1. The van der Waals surface area contributed by atoms with Gasteiger partial charge in [0.1, 0.15) is 6.42 Å². The molecule has 1 aromatic heterocycles. The summed E-state index contributed by atoms with van der Waals surface area (Å²) in [7, 11) is 0. The molecule has 0 unspecified atom stereocenters. The first-order valence-electron chi connectivity index (χ1n) is 2.98. The van der Waals surface area contributed by atoms with Crippen LogP contribution in [0.2, 0.25) is 0 Å². The predicted octanol–water partition coefficient (Wildman–Crippen LogP) is -1.52. The van der Waals surface area contributed by atoms with E-state index in [1.807, 2.05) is 0 Å². The van der Waals surface area contributed by atoms with Crippen LogP contribution < -0.4 is 15.5 Å². The largest absolute Gasteiger partial charge is 0.487 e. The second-order valence-corrected chi connectivity index (χ2v) is 1.97. The van der Waals surface area contributed by atoms with Crippen molar-refractivity contribution in [2.75, 3.05) is 0 Å². The SMILES string of the molecule is N=c1c[n+](CCC(=O)O)[n-]o1. The van der Waals surface area contributed by atoms with Crippen molar-refractivity contribution in [2.45, 2.75) is 13.0 Å². The first kappa shape index (κ1) is 7.52. The van der Waals surface area contributed by atoms with Gasteiger partial charge in [0.05, 0.1) is 0 Å². The van der Waals surface area contributed by atoms with Gasteiger partial charge in [-0.1, -0.05) is 0 Å². The quantitative estimate of drug-likeness (QED) is 0.521. The molecule has 0 fully saturated rings. The van der Waals surface area contributed by atoms with Crippen molar-refractivity contribution in [1.29, 1.82) is 5.41 Å². The molecule has 1 aromatic rings. The topological polar surface area (TPSA) is 92.3 Å². The van der Waals surface area contributed by atoms with E-state index >= 15 is 0 Å².